The number of halogens is 3. The van der Waals surface area contributed by atoms with Gasteiger partial charge in [-0.3, -0.25) is 4.90 Å². The molecule has 1 saturated carbocycles. The minimum absolute atomic E-state index is 0.0311. The Kier molecular flexibility index (Phi) is 6.38. The van der Waals surface area contributed by atoms with Gasteiger partial charge in [0, 0.05) is 48.6 Å². The number of phenols is 1. The Balaban J connectivity index is 1.16. The van der Waals surface area contributed by atoms with Crippen molar-refractivity contribution < 1.29 is 27.8 Å². The Hall–Kier alpha value is -3.90. The minimum atomic E-state index is -0.905. The first-order valence-corrected chi connectivity index (χ1v) is 17.4. The number of benzene rings is 2. The van der Waals surface area contributed by atoms with E-state index < -0.39 is 23.3 Å². The summed E-state index contributed by atoms with van der Waals surface area (Å²) in [7, 11) is 0. The van der Waals surface area contributed by atoms with Gasteiger partial charge in [-0.1, -0.05) is 6.07 Å². The molecule has 4 saturated heterocycles. The number of aryl methyl sites for hydroxylation is 1. The van der Waals surface area contributed by atoms with E-state index in [0.717, 1.165) is 58.0 Å². The fraction of sp³-hybridized carbons (Fsp3) is 0.528. The molecule has 2 bridgehead atoms. The van der Waals surface area contributed by atoms with Crippen LogP contribution in [0.4, 0.5) is 19.0 Å². The maximum atomic E-state index is 17.2. The second kappa shape index (κ2) is 10.5. The molecule has 9 nitrogen and oxygen atoms in total. The number of hydrogen-bond donors (Lipinski definition) is 2. The third-order valence-electron chi connectivity index (χ3n) is 11.6. The lowest BCUT2D eigenvalue weighted by molar-refractivity contribution is 0.107. The molecule has 2 aromatic carbocycles. The van der Waals surface area contributed by atoms with E-state index in [4.69, 9.17) is 24.4 Å². The molecule has 5 fully saturated rings. The van der Waals surface area contributed by atoms with E-state index in [-0.39, 0.29) is 59.1 Å². The monoisotopic (exact) mass is 658 g/mol. The number of fused-ring (bicyclic) bond motifs is 7. The van der Waals surface area contributed by atoms with Crippen LogP contribution in [0.1, 0.15) is 57.1 Å². The molecule has 0 amide bonds. The number of piperazine rings is 1. The van der Waals surface area contributed by atoms with Crippen LogP contribution in [0, 0.1) is 11.6 Å². The van der Waals surface area contributed by atoms with Crippen molar-refractivity contribution in [2.75, 3.05) is 31.1 Å². The van der Waals surface area contributed by atoms with Crippen molar-refractivity contribution >= 4 is 27.5 Å². The van der Waals surface area contributed by atoms with Gasteiger partial charge in [0.2, 0.25) is 0 Å². The van der Waals surface area contributed by atoms with E-state index in [2.05, 4.69) is 15.1 Å². The van der Waals surface area contributed by atoms with Crippen LogP contribution in [0.15, 0.2) is 24.3 Å². The second-order valence-corrected chi connectivity index (χ2v) is 14.7. The predicted molar refractivity (Wildman–Crippen MR) is 173 cm³/mol. The quantitative estimate of drug-likeness (QED) is 0.275. The molecular weight excluding hydrogens is 621 g/mol. The van der Waals surface area contributed by atoms with Gasteiger partial charge in [0.05, 0.1) is 22.7 Å². The van der Waals surface area contributed by atoms with Gasteiger partial charge in [-0.2, -0.15) is 9.97 Å². The summed E-state index contributed by atoms with van der Waals surface area (Å²) in [6.45, 7) is 2.18. The number of hydrogen-bond acceptors (Lipinski definition) is 9. The number of anilines is 1. The van der Waals surface area contributed by atoms with Crippen molar-refractivity contribution in [3.05, 3.63) is 41.6 Å². The molecule has 0 spiro atoms. The number of rotatable bonds is 6. The fourth-order valence-corrected chi connectivity index (χ4v) is 9.30. The molecule has 0 unspecified atom stereocenters. The Morgan fingerprint density at radius 3 is 2.79 bits per heavy atom. The van der Waals surface area contributed by atoms with Gasteiger partial charge in [0.15, 0.2) is 17.4 Å². The Bertz CT molecular complexity index is 1990. The van der Waals surface area contributed by atoms with Gasteiger partial charge in [0.25, 0.3) is 0 Å². The molecule has 5 atom stereocenters. The van der Waals surface area contributed by atoms with Crippen molar-refractivity contribution in [1.29, 1.82) is 0 Å². The van der Waals surface area contributed by atoms with E-state index >= 15 is 8.78 Å². The first-order valence-electron chi connectivity index (χ1n) is 17.4. The summed E-state index contributed by atoms with van der Waals surface area (Å²) in [5.74, 6) is -0.694. The molecule has 12 heteroatoms. The van der Waals surface area contributed by atoms with E-state index in [1.807, 2.05) is 0 Å². The largest absolute Gasteiger partial charge is 0.508 e. The Morgan fingerprint density at radius 2 is 1.92 bits per heavy atom. The topological polar surface area (TPSA) is 95.9 Å². The number of pyridine rings is 1. The summed E-state index contributed by atoms with van der Waals surface area (Å²) in [5, 5.41) is 16.0. The zero-order valence-corrected chi connectivity index (χ0v) is 26.5. The van der Waals surface area contributed by atoms with Gasteiger partial charge < -0.3 is 24.8 Å². The number of nitrogens with zero attached hydrogens (tertiary/aromatic N) is 5. The molecule has 10 rings (SSSR count). The van der Waals surface area contributed by atoms with Gasteiger partial charge in [-0.05, 0) is 81.5 Å². The number of phenolic OH excluding ortho intramolecular Hbond substituents is 1. The maximum absolute atomic E-state index is 17.2. The summed E-state index contributed by atoms with van der Waals surface area (Å²) in [6, 6.07) is 6.60. The molecular formula is C36H37F3N6O3. The van der Waals surface area contributed by atoms with Crippen LogP contribution in [0.25, 0.3) is 32.9 Å². The van der Waals surface area contributed by atoms with Crippen LogP contribution in [-0.4, -0.2) is 87.1 Å². The van der Waals surface area contributed by atoms with Gasteiger partial charge in [0.1, 0.15) is 35.6 Å². The molecule has 2 N–H and O–H groups in total. The van der Waals surface area contributed by atoms with Crippen LogP contribution in [-0.2, 0) is 6.42 Å². The molecule has 4 aromatic rings. The minimum Gasteiger partial charge on any atom is -0.508 e. The summed E-state index contributed by atoms with van der Waals surface area (Å²) in [4.78, 5) is 19.1. The smallest absolute Gasteiger partial charge is 0.319 e. The van der Waals surface area contributed by atoms with Crippen molar-refractivity contribution in [3.63, 3.8) is 0 Å². The van der Waals surface area contributed by atoms with Gasteiger partial charge in [-0.25, -0.2) is 18.2 Å². The van der Waals surface area contributed by atoms with Crippen molar-refractivity contribution in [2.24, 2.45) is 0 Å². The third kappa shape index (κ3) is 4.47. The van der Waals surface area contributed by atoms with Crippen LogP contribution < -0.4 is 19.7 Å². The lowest BCUT2D eigenvalue weighted by atomic mass is 9.95. The molecule has 1 aliphatic carbocycles. The van der Waals surface area contributed by atoms with Crippen molar-refractivity contribution in [3.8, 4) is 28.8 Å². The third-order valence-corrected chi connectivity index (χ3v) is 11.6. The number of aromatic hydroxyl groups is 1. The second-order valence-electron chi connectivity index (χ2n) is 14.7. The molecule has 6 aliphatic rings. The van der Waals surface area contributed by atoms with Crippen LogP contribution >= 0.6 is 0 Å². The van der Waals surface area contributed by atoms with Crippen LogP contribution in [0.3, 0.4) is 0 Å². The summed E-state index contributed by atoms with van der Waals surface area (Å²) in [5.41, 5.74) is 0.521. The van der Waals surface area contributed by atoms with Crippen molar-refractivity contribution in [1.82, 2.24) is 25.2 Å². The Labute approximate surface area is 275 Å². The van der Waals surface area contributed by atoms with E-state index in [9.17, 15) is 9.50 Å². The fourth-order valence-electron chi connectivity index (χ4n) is 9.30. The number of alkyl halides is 1. The average molecular weight is 659 g/mol. The zero-order valence-electron chi connectivity index (χ0n) is 26.5. The van der Waals surface area contributed by atoms with Crippen molar-refractivity contribution in [2.45, 2.75) is 93.7 Å². The summed E-state index contributed by atoms with van der Waals surface area (Å²) in [6.07, 6.45) is 6.30. The SMILES string of the molecule is Oc1cc(-c2nc3c4c(nc(OC[C@@]56CCCN5C[C@H](F)C6)nc4c2F)N2C[C@H]4CC[C@H](N4)[C@H]2CC3)c2c(OC3CC3)c(F)ccc2c1. The highest BCUT2D eigenvalue weighted by atomic mass is 19.1. The molecule has 250 valence electrons. The Morgan fingerprint density at radius 1 is 1.02 bits per heavy atom. The lowest BCUT2D eigenvalue weighted by Gasteiger charge is -2.41. The van der Waals surface area contributed by atoms with E-state index in [1.165, 1.54) is 18.2 Å². The maximum Gasteiger partial charge on any atom is 0.319 e. The van der Waals surface area contributed by atoms with Crippen LogP contribution in [0.5, 0.6) is 17.5 Å². The molecule has 0 radical (unpaired) electrons. The zero-order chi connectivity index (χ0) is 32.3. The highest BCUT2D eigenvalue weighted by Crippen LogP contribution is 2.46. The standard InChI is InChI=1S/C36H37F3N6O3/c37-19-14-36(10-1-11-44(36)15-19)17-47-35-42-32-29-26(8-9-27-25-7-3-20(40-25)16-45(27)34(29)43-35)41-31(30(32)39)23-13-21(46)12-18-2-6-24(38)33(28(18)23)48-22-4-5-22/h2,6,12-13,19-20,22,25,27,40,46H,1,3-5,7-11,14-17H2/t19-,20-,25+,27-,36+/m1/s1. The van der Waals surface area contributed by atoms with Gasteiger partial charge in [-0.15, -0.1) is 0 Å². The normalized spacial score (nSPS) is 29.4. The highest BCUT2D eigenvalue weighted by Gasteiger charge is 2.50. The first kappa shape index (κ1) is 29.1. The van der Waals surface area contributed by atoms with E-state index in [0.29, 0.717) is 53.1 Å². The first-order chi connectivity index (χ1) is 23.3. The predicted octanol–water partition coefficient (Wildman–Crippen LogP) is 5.58. The molecule has 7 heterocycles. The highest BCUT2D eigenvalue weighted by molar-refractivity contribution is 6.04. The molecule has 5 aliphatic heterocycles. The molecule has 2 aromatic heterocycles. The summed E-state index contributed by atoms with van der Waals surface area (Å²) < 4.78 is 59.6. The van der Waals surface area contributed by atoms with Gasteiger partial charge >= 0.3 is 6.01 Å². The summed E-state index contributed by atoms with van der Waals surface area (Å²) >= 11 is 0. The molecule has 48 heavy (non-hydrogen) atoms. The average Bonchev–Trinajstić information content (AvgIpc) is 3.62. The number of nitrogens with one attached hydrogen (secondary N) is 1. The lowest BCUT2D eigenvalue weighted by Crippen LogP contribution is -2.58. The number of aromatic nitrogens is 3. The van der Waals surface area contributed by atoms with E-state index in [1.54, 1.807) is 6.07 Å². The van der Waals surface area contributed by atoms with Crippen LogP contribution in [0.2, 0.25) is 0 Å². The number of ether oxygens (including phenoxy) is 2.